The quantitative estimate of drug-likeness (QED) is 0.841. The molecule has 18 heavy (non-hydrogen) atoms. The minimum atomic E-state index is -0.985. The number of amides is 2. The molecule has 2 N–H and O–H groups in total. The van der Waals surface area contributed by atoms with Gasteiger partial charge >= 0.3 is 12.0 Å². The maximum atomic E-state index is 11.9. The molecular formula is C11H15N3O3S. The molecule has 7 heteroatoms. The van der Waals surface area contributed by atoms with Crippen molar-refractivity contribution in [1.82, 2.24) is 15.2 Å². The Morgan fingerprint density at radius 2 is 2.33 bits per heavy atom. The molecule has 0 atom stereocenters. The molecule has 0 radical (unpaired) electrons. The molecule has 1 aromatic heterocycles. The number of aromatic nitrogens is 1. The second-order valence-electron chi connectivity index (χ2n) is 4.27. The summed E-state index contributed by atoms with van der Waals surface area (Å²) >= 11 is 1.52. The van der Waals surface area contributed by atoms with E-state index in [-0.39, 0.29) is 18.6 Å². The largest absolute Gasteiger partial charge is 0.480 e. The third kappa shape index (κ3) is 3.43. The molecule has 2 rings (SSSR count). The van der Waals surface area contributed by atoms with Crippen molar-refractivity contribution in [3.8, 4) is 0 Å². The monoisotopic (exact) mass is 269 g/mol. The van der Waals surface area contributed by atoms with Gasteiger partial charge in [0.05, 0.1) is 17.2 Å². The third-order valence-electron chi connectivity index (χ3n) is 2.64. The standard InChI is InChI=1S/C11H15N3O3S/c1-7-13-8(6-18-7)4-12-11(17)14(5-10(15)16)9-2-3-9/h6,9H,2-5H2,1H3,(H,12,17)(H,15,16). The first-order valence-corrected chi connectivity index (χ1v) is 6.61. The molecular weight excluding hydrogens is 254 g/mol. The highest BCUT2D eigenvalue weighted by Gasteiger charge is 2.33. The summed E-state index contributed by atoms with van der Waals surface area (Å²) in [5.74, 6) is -0.985. The van der Waals surface area contributed by atoms with Crippen LogP contribution in [0.1, 0.15) is 23.5 Å². The molecule has 1 saturated carbocycles. The Balaban J connectivity index is 1.87. The Kier molecular flexibility index (Phi) is 3.81. The van der Waals surface area contributed by atoms with Crippen molar-refractivity contribution in [3.05, 3.63) is 16.1 Å². The summed E-state index contributed by atoms with van der Waals surface area (Å²) in [4.78, 5) is 28.2. The van der Waals surface area contributed by atoms with Gasteiger partial charge < -0.3 is 15.3 Å². The molecule has 1 heterocycles. The zero-order chi connectivity index (χ0) is 13.1. The summed E-state index contributed by atoms with van der Waals surface area (Å²) in [5.41, 5.74) is 0.803. The molecule has 1 fully saturated rings. The summed E-state index contributed by atoms with van der Waals surface area (Å²) in [6.07, 6.45) is 1.77. The highest BCUT2D eigenvalue weighted by molar-refractivity contribution is 7.09. The molecule has 6 nitrogen and oxygen atoms in total. The second-order valence-corrected chi connectivity index (χ2v) is 5.33. The van der Waals surface area contributed by atoms with Gasteiger partial charge in [-0.05, 0) is 19.8 Å². The lowest BCUT2D eigenvalue weighted by molar-refractivity contribution is -0.137. The first kappa shape index (κ1) is 12.8. The topological polar surface area (TPSA) is 82.5 Å². The third-order valence-corrected chi connectivity index (χ3v) is 3.46. The van der Waals surface area contributed by atoms with Gasteiger partial charge in [-0.2, -0.15) is 0 Å². The first-order valence-electron chi connectivity index (χ1n) is 5.73. The Bertz CT molecular complexity index is 456. The number of carbonyl (C=O) groups is 2. The lowest BCUT2D eigenvalue weighted by Crippen LogP contribution is -2.43. The van der Waals surface area contributed by atoms with Gasteiger partial charge in [0.2, 0.25) is 0 Å². The van der Waals surface area contributed by atoms with Gasteiger partial charge in [-0.1, -0.05) is 0 Å². The molecule has 0 aromatic carbocycles. The average molecular weight is 269 g/mol. The summed E-state index contributed by atoms with van der Waals surface area (Å²) in [7, 11) is 0. The predicted octanol–water partition coefficient (Wildman–Crippen LogP) is 1.21. The minimum absolute atomic E-state index is 0.0817. The lowest BCUT2D eigenvalue weighted by atomic mass is 10.4. The van der Waals surface area contributed by atoms with Crippen LogP contribution in [0.2, 0.25) is 0 Å². The van der Waals surface area contributed by atoms with Gasteiger partial charge in [0, 0.05) is 11.4 Å². The zero-order valence-electron chi connectivity index (χ0n) is 10.0. The lowest BCUT2D eigenvalue weighted by Gasteiger charge is -2.20. The van der Waals surface area contributed by atoms with Gasteiger partial charge in [-0.3, -0.25) is 4.79 Å². The van der Waals surface area contributed by atoms with E-state index in [0.717, 1.165) is 23.5 Å². The second kappa shape index (κ2) is 5.34. The molecule has 0 saturated heterocycles. The Labute approximate surface area is 109 Å². The first-order chi connectivity index (χ1) is 8.56. The normalized spacial score (nSPS) is 14.3. The van der Waals surface area contributed by atoms with Crippen LogP contribution in [0.3, 0.4) is 0 Å². The number of thiazole rings is 1. The fraction of sp³-hybridized carbons (Fsp3) is 0.545. The fourth-order valence-corrected chi connectivity index (χ4v) is 2.27. The number of aliphatic carboxylic acids is 1. The predicted molar refractivity (Wildman–Crippen MR) is 66.5 cm³/mol. The van der Waals surface area contributed by atoms with Crippen LogP contribution in [0.15, 0.2) is 5.38 Å². The van der Waals surface area contributed by atoms with E-state index in [1.807, 2.05) is 12.3 Å². The van der Waals surface area contributed by atoms with Crippen LogP contribution < -0.4 is 5.32 Å². The molecule has 2 amide bonds. The van der Waals surface area contributed by atoms with Crippen molar-refractivity contribution in [2.75, 3.05) is 6.54 Å². The fourth-order valence-electron chi connectivity index (χ4n) is 1.66. The van der Waals surface area contributed by atoms with Crippen LogP contribution in [-0.4, -0.2) is 39.6 Å². The van der Waals surface area contributed by atoms with Gasteiger partial charge in [-0.25, -0.2) is 9.78 Å². The van der Waals surface area contributed by atoms with Crippen molar-refractivity contribution in [3.63, 3.8) is 0 Å². The number of carbonyl (C=O) groups excluding carboxylic acids is 1. The molecule has 0 unspecified atom stereocenters. The van der Waals surface area contributed by atoms with E-state index < -0.39 is 5.97 Å². The van der Waals surface area contributed by atoms with E-state index in [0.29, 0.717) is 6.54 Å². The highest BCUT2D eigenvalue weighted by atomic mass is 32.1. The summed E-state index contributed by atoms with van der Waals surface area (Å²) in [6.45, 7) is 2.00. The van der Waals surface area contributed by atoms with Crippen molar-refractivity contribution < 1.29 is 14.7 Å². The van der Waals surface area contributed by atoms with Gasteiger partial charge in [0.15, 0.2) is 0 Å². The van der Waals surface area contributed by atoms with Crippen LogP contribution in [0.4, 0.5) is 4.79 Å². The maximum Gasteiger partial charge on any atom is 0.323 e. The average Bonchev–Trinajstić information content (AvgIpc) is 3.06. The number of carboxylic acids is 1. The number of hydrogen-bond donors (Lipinski definition) is 2. The number of hydrogen-bond acceptors (Lipinski definition) is 4. The Hall–Kier alpha value is -1.63. The van der Waals surface area contributed by atoms with Crippen molar-refractivity contribution in [1.29, 1.82) is 0 Å². The molecule has 0 bridgehead atoms. The number of aryl methyl sites for hydroxylation is 1. The van der Waals surface area contributed by atoms with Crippen LogP contribution in [0.5, 0.6) is 0 Å². The van der Waals surface area contributed by atoms with Crippen LogP contribution in [-0.2, 0) is 11.3 Å². The molecule has 1 aliphatic rings. The molecule has 1 aliphatic carbocycles. The van der Waals surface area contributed by atoms with Crippen molar-refractivity contribution in [2.24, 2.45) is 0 Å². The van der Waals surface area contributed by atoms with E-state index in [9.17, 15) is 9.59 Å². The SMILES string of the molecule is Cc1nc(CNC(=O)N(CC(=O)O)C2CC2)cs1. The number of nitrogens with one attached hydrogen (secondary N) is 1. The van der Waals surface area contributed by atoms with E-state index in [2.05, 4.69) is 10.3 Å². The van der Waals surface area contributed by atoms with Crippen molar-refractivity contribution in [2.45, 2.75) is 32.4 Å². The number of urea groups is 1. The Morgan fingerprint density at radius 1 is 1.61 bits per heavy atom. The van der Waals surface area contributed by atoms with Crippen LogP contribution in [0.25, 0.3) is 0 Å². The molecule has 1 aromatic rings. The summed E-state index contributed by atoms with van der Waals surface area (Å²) in [6, 6.07) is -0.246. The van der Waals surface area contributed by atoms with E-state index >= 15 is 0 Å². The maximum absolute atomic E-state index is 11.9. The highest BCUT2D eigenvalue weighted by Crippen LogP contribution is 2.26. The Morgan fingerprint density at radius 3 is 2.83 bits per heavy atom. The van der Waals surface area contributed by atoms with Gasteiger partial charge in [0.25, 0.3) is 0 Å². The zero-order valence-corrected chi connectivity index (χ0v) is 10.9. The van der Waals surface area contributed by atoms with Gasteiger partial charge in [0.1, 0.15) is 6.54 Å². The van der Waals surface area contributed by atoms with Gasteiger partial charge in [-0.15, -0.1) is 11.3 Å². The smallest absolute Gasteiger partial charge is 0.323 e. The molecule has 0 aliphatic heterocycles. The van der Waals surface area contributed by atoms with E-state index in [1.54, 1.807) is 0 Å². The number of carboxylic acid groups (broad SMARTS) is 1. The van der Waals surface area contributed by atoms with Crippen LogP contribution >= 0.6 is 11.3 Å². The number of nitrogens with zero attached hydrogens (tertiary/aromatic N) is 2. The van der Waals surface area contributed by atoms with E-state index in [1.165, 1.54) is 16.2 Å². The van der Waals surface area contributed by atoms with E-state index in [4.69, 9.17) is 5.11 Å². The molecule has 98 valence electrons. The minimum Gasteiger partial charge on any atom is -0.480 e. The summed E-state index contributed by atoms with van der Waals surface area (Å²) < 4.78 is 0. The molecule has 0 spiro atoms. The van der Waals surface area contributed by atoms with Crippen LogP contribution in [0, 0.1) is 6.92 Å². The number of rotatable bonds is 5. The van der Waals surface area contributed by atoms with Crippen molar-refractivity contribution >= 4 is 23.3 Å². The summed E-state index contributed by atoms with van der Waals surface area (Å²) in [5, 5.41) is 14.3.